The molecule has 7 nitrogen and oxygen atoms in total. The SMILES string of the molecule is O=C(Cn1c2c(sc1=O)[C@@H](c1cccs1)[C@@H]1C(=O)N(c3ccccc3)C(=O)[C@@H]1S2)Nc1ccc(Cl)c(Cl)c1. The molecule has 2 aromatic heterocycles. The van der Waals surface area contributed by atoms with Crippen molar-refractivity contribution in [3.05, 3.63) is 95.5 Å². The van der Waals surface area contributed by atoms with Crippen LogP contribution in [-0.2, 0) is 20.9 Å². The van der Waals surface area contributed by atoms with E-state index in [-0.39, 0.29) is 23.2 Å². The Morgan fingerprint density at radius 2 is 1.74 bits per heavy atom. The second-order valence-electron chi connectivity index (χ2n) is 8.71. The quantitative estimate of drug-likeness (QED) is 0.296. The van der Waals surface area contributed by atoms with Crippen molar-refractivity contribution >= 4 is 86.7 Å². The number of amides is 3. The lowest BCUT2D eigenvalue weighted by atomic mass is 9.87. The molecule has 0 bridgehead atoms. The van der Waals surface area contributed by atoms with Gasteiger partial charge in [0, 0.05) is 21.4 Å². The molecule has 192 valence electrons. The summed E-state index contributed by atoms with van der Waals surface area (Å²) in [5.41, 5.74) is 0.963. The molecule has 1 saturated heterocycles. The van der Waals surface area contributed by atoms with E-state index in [1.165, 1.54) is 38.6 Å². The molecule has 3 amide bonds. The average Bonchev–Trinajstić information content (AvgIpc) is 3.59. The molecule has 0 unspecified atom stereocenters. The van der Waals surface area contributed by atoms with Gasteiger partial charge in [0.1, 0.15) is 11.8 Å². The van der Waals surface area contributed by atoms with Gasteiger partial charge in [0.15, 0.2) is 0 Å². The number of para-hydroxylation sites is 1. The first-order valence-electron chi connectivity index (χ1n) is 11.4. The number of halogens is 2. The second kappa shape index (κ2) is 10.0. The van der Waals surface area contributed by atoms with Crippen LogP contribution >= 0.6 is 57.6 Å². The summed E-state index contributed by atoms with van der Waals surface area (Å²) in [4.78, 5) is 55.9. The number of carbonyl (C=O) groups excluding carboxylic acids is 3. The van der Waals surface area contributed by atoms with Crippen LogP contribution < -0.4 is 15.1 Å². The first kappa shape index (κ1) is 25.4. The number of imide groups is 1. The number of nitrogens with one attached hydrogen (secondary N) is 1. The van der Waals surface area contributed by atoms with Crippen LogP contribution in [0.25, 0.3) is 0 Å². The van der Waals surface area contributed by atoms with Crippen molar-refractivity contribution in [2.24, 2.45) is 5.92 Å². The number of hydrogen-bond acceptors (Lipinski definition) is 7. The van der Waals surface area contributed by atoms with Crippen molar-refractivity contribution in [3.63, 3.8) is 0 Å². The van der Waals surface area contributed by atoms with E-state index in [2.05, 4.69) is 5.32 Å². The van der Waals surface area contributed by atoms with Gasteiger partial charge in [-0.2, -0.15) is 0 Å². The molecule has 2 aromatic carbocycles. The highest BCUT2D eigenvalue weighted by Gasteiger charge is 2.57. The summed E-state index contributed by atoms with van der Waals surface area (Å²) >= 11 is 15.7. The number of hydrogen-bond donors (Lipinski definition) is 1. The Bertz CT molecular complexity index is 1640. The highest BCUT2D eigenvalue weighted by Crippen LogP contribution is 2.54. The third kappa shape index (κ3) is 4.30. The minimum Gasteiger partial charge on any atom is -0.324 e. The second-order valence-corrected chi connectivity index (χ2v) is 12.6. The molecule has 2 aliphatic rings. The summed E-state index contributed by atoms with van der Waals surface area (Å²) in [6, 6.07) is 17.4. The molecule has 2 aliphatic heterocycles. The van der Waals surface area contributed by atoms with E-state index in [9.17, 15) is 19.2 Å². The monoisotopic (exact) mass is 601 g/mol. The number of carbonyl (C=O) groups is 3. The van der Waals surface area contributed by atoms with Crippen LogP contribution in [0.4, 0.5) is 11.4 Å². The lowest BCUT2D eigenvalue weighted by molar-refractivity contribution is -0.122. The minimum absolute atomic E-state index is 0.253. The van der Waals surface area contributed by atoms with Crippen molar-refractivity contribution in [1.29, 1.82) is 0 Å². The molecule has 1 N–H and O–H groups in total. The fraction of sp³-hybridized carbons (Fsp3) is 0.154. The zero-order chi connectivity index (χ0) is 26.6. The third-order valence-electron chi connectivity index (χ3n) is 6.42. The number of anilines is 2. The molecule has 0 radical (unpaired) electrons. The Labute approximate surface area is 239 Å². The fourth-order valence-corrected chi connectivity index (χ4v) is 8.80. The highest BCUT2D eigenvalue weighted by molar-refractivity contribution is 8.00. The van der Waals surface area contributed by atoms with Crippen LogP contribution in [0, 0.1) is 5.92 Å². The summed E-state index contributed by atoms with van der Waals surface area (Å²) in [6.45, 7) is -0.253. The van der Waals surface area contributed by atoms with Gasteiger partial charge in [-0.3, -0.25) is 23.7 Å². The van der Waals surface area contributed by atoms with Crippen LogP contribution in [0.2, 0.25) is 10.0 Å². The van der Waals surface area contributed by atoms with E-state index in [1.54, 1.807) is 36.4 Å². The predicted molar refractivity (Wildman–Crippen MR) is 152 cm³/mol. The van der Waals surface area contributed by atoms with Gasteiger partial charge in [-0.25, -0.2) is 4.90 Å². The third-order valence-corrected chi connectivity index (χ3v) is 10.7. The number of benzene rings is 2. The normalized spacial score (nSPS) is 20.4. The molecule has 0 aliphatic carbocycles. The van der Waals surface area contributed by atoms with Gasteiger partial charge >= 0.3 is 4.87 Å². The number of thiazole rings is 1. The number of rotatable bonds is 5. The maximum Gasteiger partial charge on any atom is 0.308 e. The van der Waals surface area contributed by atoms with Crippen LogP contribution in [0.1, 0.15) is 15.7 Å². The maximum atomic E-state index is 13.7. The molecule has 38 heavy (non-hydrogen) atoms. The zero-order valence-electron chi connectivity index (χ0n) is 19.3. The predicted octanol–water partition coefficient (Wildman–Crippen LogP) is 5.71. The Balaban J connectivity index is 1.37. The molecule has 0 spiro atoms. The first-order chi connectivity index (χ1) is 18.3. The summed E-state index contributed by atoms with van der Waals surface area (Å²) in [5, 5.41) is 5.12. The Morgan fingerprint density at radius 1 is 0.947 bits per heavy atom. The minimum atomic E-state index is -0.722. The molecule has 12 heteroatoms. The molecule has 0 saturated carbocycles. The lowest BCUT2D eigenvalue weighted by Gasteiger charge is -2.29. The van der Waals surface area contributed by atoms with Crippen LogP contribution in [0.15, 0.2) is 75.9 Å². The van der Waals surface area contributed by atoms with Crippen molar-refractivity contribution in [1.82, 2.24) is 4.57 Å². The smallest absolute Gasteiger partial charge is 0.308 e. The van der Waals surface area contributed by atoms with Crippen molar-refractivity contribution in [3.8, 4) is 0 Å². The van der Waals surface area contributed by atoms with E-state index in [1.807, 2.05) is 23.6 Å². The Hall–Kier alpha value is -2.89. The van der Waals surface area contributed by atoms with Crippen molar-refractivity contribution in [2.75, 3.05) is 10.2 Å². The summed E-state index contributed by atoms with van der Waals surface area (Å²) in [5.74, 6) is -2.16. The standard InChI is InChI=1S/C26H17Cl2N3O4S3/c27-15-9-8-13(11-16(15)28)29-18(32)12-30-25-22(38-26(30)35)19(17-7-4-10-36-17)20-21(37-25)24(34)31(23(20)33)14-5-2-1-3-6-14/h1-11,19-21H,12H2,(H,29,32)/t19-,20-,21+/m0/s1. The number of nitrogens with zero attached hydrogens (tertiary/aromatic N) is 2. The molecule has 4 heterocycles. The van der Waals surface area contributed by atoms with Crippen LogP contribution in [-0.4, -0.2) is 27.5 Å². The topological polar surface area (TPSA) is 88.5 Å². The van der Waals surface area contributed by atoms with E-state index in [0.717, 1.165) is 16.2 Å². The number of thioether (sulfide) groups is 1. The molecule has 3 atom stereocenters. The van der Waals surface area contributed by atoms with Gasteiger partial charge in [-0.05, 0) is 41.8 Å². The lowest BCUT2D eigenvalue weighted by Crippen LogP contribution is -2.32. The number of aromatic nitrogens is 1. The molecular formula is C26H17Cl2N3O4S3. The summed E-state index contributed by atoms with van der Waals surface area (Å²) < 4.78 is 1.39. The molecular weight excluding hydrogens is 585 g/mol. The van der Waals surface area contributed by atoms with E-state index in [4.69, 9.17) is 23.2 Å². The van der Waals surface area contributed by atoms with Crippen LogP contribution in [0.3, 0.4) is 0 Å². The van der Waals surface area contributed by atoms with Gasteiger partial charge in [0.25, 0.3) is 0 Å². The van der Waals surface area contributed by atoms with Crippen molar-refractivity contribution < 1.29 is 14.4 Å². The first-order valence-corrected chi connectivity index (χ1v) is 14.8. The van der Waals surface area contributed by atoms with Gasteiger partial charge in [0.2, 0.25) is 17.7 Å². The Morgan fingerprint density at radius 3 is 2.45 bits per heavy atom. The Kier molecular flexibility index (Phi) is 6.69. The van der Waals surface area contributed by atoms with E-state index >= 15 is 0 Å². The largest absolute Gasteiger partial charge is 0.324 e. The number of thiophene rings is 1. The molecule has 4 aromatic rings. The van der Waals surface area contributed by atoms with Gasteiger partial charge < -0.3 is 5.32 Å². The van der Waals surface area contributed by atoms with Gasteiger partial charge in [-0.1, -0.05) is 70.6 Å². The van der Waals surface area contributed by atoms with Crippen LogP contribution in [0.5, 0.6) is 0 Å². The van der Waals surface area contributed by atoms with E-state index < -0.39 is 23.0 Å². The average molecular weight is 603 g/mol. The maximum absolute atomic E-state index is 13.7. The zero-order valence-corrected chi connectivity index (χ0v) is 23.3. The summed E-state index contributed by atoms with van der Waals surface area (Å²) in [7, 11) is 0. The summed E-state index contributed by atoms with van der Waals surface area (Å²) in [6.07, 6.45) is 0. The number of fused-ring (bicyclic) bond motifs is 2. The van der Waals surface area contributed by atoms with Gasteiger partial charge in [0.05, 0.1) is 26.7 Å². The van der Waals surface area contributed by atoms with Gasteiger partial charge in [-0.15, -0.1) is 11.3 Å². The highest BCUT2D eigenvalue weighted by atomic mass is 35.5. The van der Waals surface area contributed by atoms with Crippen molar-refractivity contribution in [2.45, 2.75) is 22.7 Å². The molecule has 1 fully saturated rings. The van der Waals surface area contributed by atoms with E-state index in [0.29, 0.717) is 31.3 Å². The molecule has 6 rings (SSSR count). The fourth-order valence-electron chi connectivity index (χ4n) is 4.78.